The van der Waals surface area contributed by atoms with E-state index in [1.165, 1.54) is 0 Å². The topological polar surface area (TPSA) is 48.4 Å². The van der Waals surface area contributed by atoms with Gasteiger partial charge >= 0.3 is 0 Å². The van der Waals surface area contributed by atoms with Crippen LogP contribution in [0.3, 0.4) is 0 Å². The highest BCUT2D eigenvalue weighted by Crippen LogP contribution is 2.07. The molecule has 0 unspecified atom stereocenters. The van der Waals surface area contributed by atoms with E-state index in [1.54, 1.807) is 0 Å². The maximum Gasteiger partial charge on any atom is 0.259 e. The summed E-state index contributed by atoms with van der Waals surface area (Å²) in [4.78, 5) is 29.0. The number of benzene rings is 1. The van der Waals surface area contributed by atoms with Crippen molar-refractivity contribution in [2.75, 3.05) is 26.2 Å². The Hall–Kier alpha value is -2.58. The van der Waals surface area contributed by atoms with Crippen molar-refractivity contribution in [3.63, 3.8) is 0 Å². The molecule has 0 radical (unpaired) electrons. The van der Waals surface area contributed by atoms with Gasteiger partial charge in [-0.1, -0.05) is 24.3 Å². The summed E-state index contributed by atoms with van der Waals surface area (Å²) in [5.41, 5.74) is 3.74. The molecule has 194 valence electrons. The van der Waals surface area contributed by atoms with Crippen LogP contribution in [0.1, 0.15) is 59.5 Å². The monoisotopic (exact) mass is 618 g/mol. The molecule has 2 aromatic heterocycles. The van der Waals surface area contributed by atoms with Gasteiger partial charge in [0.25, 0.3) is 11.8 Å². The average molecular weight is 620 g/mol. The van der Waals surface area contributed by atoms with E-state index in [-0.39, 0.29) is 45.8 Å². The lowest BCUT2D eigenvalue weighted by molar-refractivity contribution is -0.689. The number of carbonyl (C=O) groups is 2. The van der Waals surface area contributed by atoms with Crippen molar-refractivity contribution < 1.29 is 52.7 Å². The second kappa shape index (κ2) is 15.5. The zero-order valence-electron chi connectivity index (χ0n) is 21.5. The first kappa shape index (κ1) is 31.4. The Morgan fingerprint density at radius 2 is 0.944 bits per heavy atom. The molecular formula is C28H36Br2N4O2. The summed E-state index contributed by atoms with van der Waals surface area (Å²) >= 11 is 0. The molecular weight excluding hydrogens is 584 g/mol. The Kier molecular flexibility index (Phi) is 13.6. The van der Waals surface area contributed by atoms with E-state index in [0.717, 1.165) is 11.1 Å². The van der Waals surface area contributed by atoms with Gasteiger partial charge in [0, 0.05) is 49.4 Å². The van der Waals surface area contributed by atoms with Crippen LogP contribution in [0.4, 0.5) is 0 Å². The standard InChI is InChI=1S/C28H36N4O2.2BrH/c1-5-31(6-2)27(33)25-11-9-17-29(21-25)19-23-13-15-24(16-14-23)20-30-18-10-12-26(22-30)28(34)32(7-3)8-4;;/h9-18,21-22H,5-8,19-20H2,1-4H3;2*1H/q+2;;/p-2. The van der Waals surface area contributed by atoms with Crippen LogP contribution < -0.4 is 43.1 Å². The maximum absolute atomic E-state index is 12.7. The smallest absolute Gasteiger partial charge is 0.259 e. The Morgan fingerprint density at radius 1 is 0.611 bits per heavy atom. The molecule has 0 saturated carbocycles. The predicted molar refractivity (Wildman–Crippen MR) is 132 cm³/mol. The van der Waals surface area contributed by atoms with Crippen LogP contribution in [0.2, 0.25) is 0 Å². The summed E-state index contributed by atoms with van der Waals surface area (Å²) in [6.07, 6.45) is 7.81. The predicted octanol–water partition coefficient (Wildman–Crippen LogP) is -2.67. The van der Waals surface area contributed by atoms with Gasteiger partial charge in [-0.2, -0.15) is 9.13 Å². The van der Waals surface area contributed by atoms with E-state index in [9.17, 15) is 9.59 Å². The number of rotatable bonds is 10. The molecule has 0 saturated heterocycles. The minimum Gasteiger partial charge on any atom is -1.00 e. The molecule has 0 N–H and O–H groups in total. The van der Waals surface area contributed by atoms with Crippen molar-refractivity contribution in [2.24, 2.45) is 0 Å². The van der Waals surface area contributed by atoms with Gasteiger partial charge in [-0.3, -0.25) is 9.59 Å². The van der Waals surface area contributed by atoms with Crippen molar-refractivity contribution in [1.29, 1.82) is 0 Å². The van der Waals surface area contributed by atoms with Crippen molar-refractivity contribution in [2.45, 2.75) is 40.8 Å². The van der Waals surface area contributed by atoms with Crippen LogP contribution in [0.25, 0.3) is 0 Å². The number of pyridine rings is 2. The first-order chi connectivity index (χ1) is 16.5. The Morgan fingerprint density at radius 3 is 1.25 bits per heavy atom. The summed E-state index contributed by atoms with van der Waals surface area (Å²) < 4.78 is 4.09. The van der Waals surface area contributed by atoms with E-state index in [4.69, 9.17) is 0 Å². The van der Waals surface area contributed by atoms with Crippen molar-refractivity contribution in [1.82, 2.24) is 9.80 Å². The second-order valence-corrected chi connectivity index (χ2v) is 8.30. The fourth-order valence-corrected chi connectivity index (χ4v) is 4.05. The third kappa shape index (κ3) is 8.23. The Balaban J connectivity index is 0.00000324. The highest BCUT2D eigenvalue weighted by molar-refractivity contribution is 5.94. The first-order valence-corrected chi connectivity index (χ1v) is 12.1. The molecule has 2 amide bonds. The lowest BCUT2D eigenvalue weighted by atomic mass is 10.1. The molecule has 1 aromatic carbocycles. The molecule has 3 rings (SSSR count). The van der Waals surface area contributed by atoms with E-state index >= 15 is 0 Å². The summed E-state index contributed by atoms with van der Waals surface area (Å²) in [6, 6.07) is 16.1. The molecule has 0 bridgehead atoms. The van der Waals surface area contributed by atoms with Gasteiger partial charge in [0.2, 0.25) is 0 Å². The van der Waals surface area contributed by atoms with Crippen molar-refractivity contribution in [3.05, 3.63) is 95.6 Å². The first-order valence-electron chi connectivity index (χ1n) is 12.1. The zero-order valence-corrected chi connectivity index (χ0v) is 24.7. The van der Waals surface area contributed by atoms with E-state index in [2.05, 4.69) is 24.3 Å². The number of hydrogen-bond acceptors (Lipinski definition) is 2. The molecule has 6 nitrogen and oxygen atoms in total. The molecule has 0 aliphatic carbocycles. The highest BCUT2D eigenvalue weighted by Gasteiger charge is 2.17. The summed E-state index contributed by atoms with van der Waals surface area (Å²) in [5, 5.41) is 0. The number of hydrogen-bond donors (Lipinski definition) is 0. The Labute approximate surface area is 236 Å². The second-order valence-electron chi connectivity index (χ2n) is 8.30. The van der Waals surface area contributed by atoms with Gasteiger partial charge in [-0.15, -0.1) is 0 Å². The average Bonchev–Trinajstić information content (AvgIpc) is 2.87. The molecule has 0 atom stereocenters. The summed E-state index contributed by atoms with van der Waals surface area (Å²) in [6.45, 7) is 12.2. The SMILES string of the molecule is CCN(CC)C(=O)c1ccc[n+](Cc2ccc(C[n+]3cccc(C(=O)N(CC)CC)c3)cc2)c1.[Br-].[Br-]. The lowest BCUT2D eigenvalue weighted by Gasteiger charge is -2.17. The number of aromatic nitrogens is 2. The number of amides is 2. The van der Waals surface area contributed by atoms with Gasteiger partial charge in [0.15, 0.2) is 37.9 Å². The molecule has 0 aliphatic heterocycles. The summed E-state index contributed by atoms with van der Waals surface area (Å²) in [7, 11) is 0. The van der Waals surface area contributed by atoms with Crippen molar-refractivity contribution in [3.8, 4) is 0 Å². The lowest BCUT2D eigenvalue weighted by Crippen LogP contribution is -3.00. The van der Waals surface area contributed by atoms with E-state index in [1.807, 2.05) is 95.7 Å². The molecule has 3 aromatic rings. The van der Waals surface area contributed by atoms with Gasteiger partial charge in [0.05, 0.1) is 0 Å². The van der Waals surface area contributed by atoms with Crippen LogP contribution >= 0.6 is 0 Å². The fourth-order valence-electron chi connectivity index (χ4n) is 4.05. The van der Waals surface area contributed by atoms with Crippen LogP contribution in [0.5, 0.6) is 0 Å². The maximum atomic E-state index is 12.7. The minimum atomic E-state index is 0. The van der Waals surface area contributed by atoms with Gasteiger partial charge in [-0.25, -0.2) is 0 Å². The van der Waals surface area contributed by atoms with E-state index in [0.29, 0.717) is 50.4 Å². The molecule has 0 aliphatic rings. The minimum absolute atomic E-state index is 0. The van der Waals surface area contributed by atoms with Crippen LogP contribution in [-0.2, 0) is 13.1 Å². The summed E-state index contributed by atoms with van der Waals surface area (Å²) in [5.74, 6) is 0.127. The molecule has 0 spiro atoms. The normalized spacial score (nSPS) is 10.1. The van der Waals surface area contributed by atoms with Gasteiger partial charge in [0.1, 0.15) is 11.1 Å². The van der Waals surface area contributed by atoms with Crippen LogP contribution in [-0.4, -0.2) is 47.8 Å². The molecule has 0 fully saturated rings. The quantitative estimate of drug-likeness (QED) is 0.233. The zero-order chi connectivity index (χ0) is 24.5. The Bertz CT molecular complexity index is 1030. The van der Waals surface area contributed by atoms with Crippen LogP contribution in [0.15, 0.2) is 73.3 Å². The number of halogens is 2. The third-order valence-electron chi connectivity index (χ3n) is 6.06. The highest BCUT2D eigenvalue weighted by atomic mass is 79.9. The van der Waals surface area contributed by atoms with Crippen LogP contribution in [0, 0.1) is 0 Å². The molecule has 2 heterocycles. The number of carbonyl (C=O) groups excluding carboxylic acids is 2. The van der Waals surface area contributed by atoms with E-state index < -0.39 is 0 Å². The van der Waals surface area contributed by atoms with Gasteiger partial charge < -0.3 is 43.8 Å². The van der Waals surface area contributed by atoms with Crippen molar-refractivity contribution >= 4 is 11.8 Å². The number of nitrogens with zero attached hydrogens (tertiary/aromatic N) is 4. The molecule has 8 heteroatoms. The fraction of sp³-hybridized carbons (Fsp3) is 0.357. The molecule has 36 heavy (non-hydrogen) atoms. The van der Waals surface area contributed by atoms with Gasteiger partial charge in [-0.05, 0) is 39.8 Å². The largest absolute Gasteiger partial charge is 1.00 e. The third-order valence-corrected chi connectivity index (χ3v) is 6.06.